The molecule has 1 aromatic carbocycles. The summed E-state index contributed by atoms with van der Waals surface area (Å²) in [5, 5.41) is 0. The standard InChI is InChI=1S/C14H23NO/c1-3-4-11-16-12-10-14(2,15)13-8-6-5-7-9-13/h5-9H,3-4,10-12,15H2,1-2H3. The lowest BCUT2D eigenvalue weighted by Crippen LogP contribution is -2.34. The minimum atomic E-state index is -0.284. The van der Waals surface area contributed by atoms with Crippen LogP contribution < -0.4 is 5.73 Å². The number of nitrogens with two attached hydrogens (primary N) is 1. The SMILES string of the molecule is CCCCOCCC(C)(N)c1ccccc1. The molecule has 0 aliphatic rings. The van der Waals surface area contributed by atoms with Gasteiger partial charge >= 0.3 is 0 Å². The van der Waals surface area contributed by atoms with Crippen LogP contribution in [0.4, 0.5) is 0 Å². The van der Waals surface area contributed by atoms with Gasteiger partial charge in [0.25, 0.3) is 0 Å². The van der Waals surface area contributed by atoms with Crippen molar-refractivity contribution in [3.05, 3.63) is 35.9 Å². The minimum absolute atomic E-state index is 0.284. The van der Waals surface area contributed by atoms with Gasteiger partial charge in [-0.15, -0.1) is 0 Å². The second-order valence-corrected chi connectivity index (χ2v) is 4.50. The lowest BCUT2D eigenvalue weighted by atomic mass is 9.90. The van der Waals surface area contributed by atoms with Gasteiger partial charge < -0.3 is 10.5 Å². The van der Waals surface area contributed by atoms with Gasteiger partial charge in [-0.3, -0.25) is 0 Å². The zero-order valence-corrected chi connectivity index (χ0v) is 10.4. The van der Waals surface area contributed by atoms with Crippen LogP contribution in [0.2, 0.25) is 0 Å². The van der Waals surface area contributed by atoms with E-state index in [1.54, 1.807) is 0 Å². The highest BCUT2D eigenvalue weighted by Crippen LogP contribution is 2.20. The predicted molar refractivity (Wildman–Crippen MR) is 68.3 cm³/mol. The fourth-order valence-electron chi connectivity index (χ4n) is 1.60. The Morgan fingerprint density at radius 2 is 1.88 bits per heavy atom. The van der Waals surface area contributed by atoms with Crippen LogP contribution in [0.5, 0.6) is 0 Å². The predicted octanol–water partition coefficient (Wildman–Crippen LogP) is 3.07. The molecule has 0 aliphatic carbocycles. The average Bonchev–Trinajstić information content (AvgIpc) is 2.30. The normalized spacial score (nSPS) is 14.7. The van der Waals surface area contributed by atoms with Gasteiger partial charge in [-0.25, -0.2) is 0 Å². The number of ether oxygens (including phenoxy) is 1. The summed E-state index contributed by atoms with van der Waals surface area (Å²) in [5.74, 6) is 0. The van der Waals surface area contributed by atoms with Crippen LogP contribution in [0.25, 0.3) is 0 Å². The van der Waals surface area contributed by atoms with Crippen LogP contribution in [0.1, 0.15) is 38.7 Å². The molecule has 16 heavy (non-hydrogen) atoms. The largest absolute Gasteiger partial charge is 0.381 e. The van der Waals surface area contributed by atoms with Crippen LogP contribution in [-0.4, -0.2) is 13.2 Å². The van der Waals surface area contributed by atoms with E-state index in [4.69, 9.17) is 10.5 Å². The highest BCUT2D eigenvalue weighted by atomic mass is 16.5. The van der Waals surface area contributed by atoms with Crippen LogP contribution >= 0.6 is 0 Å². The van der Waals surface area contributed by atoms with E-state index < -0.39 is 0 Å². The lowest BCUT2D eigenvalue weighted by molar-refractivity contribution is 0.114. The van der Waals surface area contributed by atoms with Gasteiger partial charge in [-0.05, 0) is 25.3 Å². The molecule has 0 spiro atoms. The molecule has 0 radical (unpaired) electrons. The first kappa shape index (κ1) is 13.2. The Morgan fingerprint density at radius 3 is 2.50 bits per heavy atom. The van der Waals surface area contributed by atoms with Crippen molar-refractivity contribution in [1.29, 1.82) is 0 Å². The smallest absolute Gasteiger partial charge is 0.0486 e. The topological polar surface area (TPSA) is 35.2 Å². The maximum atomic E-state index is 6.27. The maximum Gasteiger partial charge on any atom is 0.0486 e. The highest BCUT2D eigenvalue weighted by molar-refractivity contribution is 5.22. The number of benzene rings is 1. The van der Waals surface area contributed by atoms with E-state index in [1.165, 1.54) is 12.0 Å². The van der Waals surface area contributed by atoms with Crippen LogP contribution in [-0.2, 0) is 10.3 Å². The summed E-state index contributed by atoms with van der Waals surface area (Å²) in [6.45, 7) is 5.81. The fourth-order valence-corrected chi connectivity index (χ4v) is 1.60. The van der Waals surface area contributed by atoms with E-state index in [9.17, 15) is 0 Å². The molecule has 0 amide bonds. The van der Waals surface area contributed by atoms with Crippen LogP contribution in [0.15, 0.2) is 30.3 Å². The first-order valence-electron chi connectivity index (χ1n) is 6.09. The Hall–Kier alpha value is -0.860. The molecule has 1 unspecified atom stereocenters. The molecule has 0 saturated heterocycles. The van der Waals surface area contributed by atoms with Gasteiger partial charge in [0.1, 0.15) is 0 Å². The summed E-state index contributed by atoms with van der Waals surface area (Å²) in [5.41, 5.74) is 7.16. The van der Waals surface area contributed by atoms with Crippen LogP contribution in [0.3, 0.4) is 0 Å². The second kappa shape index (κ2) is 6.66. The molecular weight excluding hydrogens is 198 g/mol. The molecule has 0 heterocycles. The lowest BCUT2D eigenvalue weighted by Gasteiger charge is -2.25. The Balaban J connectivity index is 2.35. The third-order valence-corrected chi connectivity index (χ3v) is 2.84. The van der Waals surface area contributed by atoms with Gasteiger partial charge in [-0.2, -0.15) is 0 Å². The molecule has 2 heteroatoms. The average molecular weight is 221 g/mol. The Kier molecular flexibility index (Phi) is 5.50. The van der Waals surface area contributed by atoms with E-state index >= 15 is 0 Å². The summed E-state index contributed by atoms with van der Waals surface area (Å²) in [7, 11) is 0. The summed E-state index contributed by atoms with van der Waals surface area (Å²) < 4.78 is 5.55. The van der Waals surface area contributed by atoms with Gasteiger partial charge in [0.2, 0.25) is 0 Å². The minimum Gasteiger partial charge on any atom is -0.381 e. The molecule has 0 bridgehead atoms. The molecule has 1 aromatic rings. The Morgan fingerprint density at radius 1 is 1.19 bits per heavy atom. The molecule has 90 valence electrons. The van der Waals surface area contributed by atoms with Crippen molar-refractivity contribution in [2.75, 3.05) is 13.2 Å². The summed E-state index contributed by atoms with van der Waals surface area (Å²) >= 11 is 0. The van der Waals surface area contributed by atoms with Crippen LogP contribution in [0, 0.1) is 0 Å². The van der Waals surface area contributed by atoms with E-state index in [2.05, 4.69) is 26.0 Å². The maximum absolute atomic E-state index is 6.27. The van der Waals surface area contributed by atoms with Crippen molar-refractivity contribution in [2.45, 2.75) is 38.6 Å². The number of hydrogen-bond acceptors (Lipinski definition) is 2. The van der Waals surface area contributed by atoms with Crippen molar-refractivity contribution in [3.8, 4) is 0 Å². The molecule has 1 rings (SSSR count). The van der Waals surface area contributed by atoms with Gasteiger partial charge in [0, 0.05) is 18.8 Å². The second-order valence-electron chi connectivity index (χ2n) is 4.50. The van der Waals surface area contributed by atoms with Gasteiger partial charge in [0.15, 0.2) is 0 Å². The van der Waals surface area contributed by atoms with Crippen molar-refractivity contribution in [3.63, 3.8) is 0 Å². The fraction of sp³-hybridized carbons (Fsp3) is 0.571. The van der Waals surface area contributed by atoms with Crippen molar-refractivity contribution >= 4 is 0 Å². The first-order chi connectivity index (χ1) is 7.67. The van der Waals surface area contributed by atoms with Gasteiger partial charge in [-0.1, -0.05) is 43.7 Å². The van der Waals surface area contributed by atoms with E-state index in [-0.39, 0.29) is 5.54 Å². The van der Waals surface area contributed by atoms with Crippen molar-refractivity contribution in [1.82, 2.24) is 0 Å². The van der Waals surface area contributed by atoms with Crippen molar-refractivity contribution in [2.24, 2.45) is 5.73 Å². The van der Waals surface area contributed by atoms with Crippen molar-refractivity contribution < 1.29 is 4.74 Å². The van der Waals surface area contributed by atoms with Gasteiger partial charge in [0.05, 0.1) is 0 Å². The van der Waals surface area contributed by atoms with E-state index in [1.807, 2.05) is 18.2 Å². The number of unbranched alkanes of at least 4 members (excludes halogenated alkanes) is 1. The number of rotatable bonds is 7. The number of hydrogen-bond donors (Lipinski definition) is 1. The molecular formula is C14H23NO. The molecule has 0 aromatic heterocycles. The molecule has 2 nitrogen and oxygen atoms in total. The van der Waals surface area contributed by atoms with E-state index in [0.29, 0.717) is 0 Å². The summed E-state index contributed by atoms with van der Waals surface area (Å²) in [6, 6.07) is 10.2. The Bertz CT molecular complexity index is 282. The third-order valence-electron chi connectivity index (χ3n) is 2.84. The quantitative estimate of drug-likeness (QED) is 0.718. The Labute approximate surface area is 98.8 Å². The zero-order chi connectivity index (χ0) is 11.9. The molecule has 2 N–H and O–H groups in total. The highest BCUT2D eigenvalue weighted by Gasteiger charge is 2.20. The molecule has 1 atom stereocenters. The molecule has 0 fully saturated rings. The monoisotopic (exact) mass is 221 g/mol. The third kappa shape index (κ3) is 4.33. The summed E-state index contributed by atoms with van der Waals surface area (Å²) in [6.07, 6.45) is 3.17. The van der Waals surface area contributed by atoms with E-state index in [0.717, 1.165) is 26.1 Å². The zero-order valence-electron chi connectivity index (χ0n) is 10.4. The summed E-state index contributed by atoms with van der Waals surface area (Å²) in [4.78, 5) is 0. The molecule has 0 aliphatic heterocycles. The molecule has 0 saturated carbocycles. The first-order valence-corrected chi connectivity index (χ1v) is 6.09.